The van der Waals surface area contributed by atoms with Crippen LogP contribution in [0.1, 0.15) is 27.8 Å². The van der Waals surface area contributed by atoms with Gasteiger partial charge in [0.25, 0.3) is 0 Å². The standard InChI is InChI=1S/C16H19ClN2/c1-10-5-15(16(17)19-8-10)18-9-14-7-12(3)11(2)6-13(14)4/h5-8,18H,9H2,1-4H3. The summed E-state index contributed by atoms with van der Waals surface area (Å²) in [6, 6.07) is 6.48. The van der Waals surface area contributed by atoms with Gasteiger partial charge >= 0.3 is 0 Å². The lowest BCUT2D eigenvalue weighted by atomic mass is 10.0. The average Bonchev–Trinajstić information content (AvgIpc) is 2.36. The van der Waals surface area contributed by atoms with E-state index in [1.165, 1.54) is 22.3 Å². The maximum absolute atomic E-state index is 6.09. The molecule has 0 radical (unpaired) electrons. The van der Waals surface area contributed by atoms with Crippen LogP contribution in [0.2, 0.25) is 5.15 Å². The first-order chi connectivity index (χ1) is 8.97. The Bertz CT molecular complexity index is 606. The summed E-state index contributed by atoms with van der Waals surface area (Å²) < 4.78 is 0. The van der Waals surface area contributed by atoms with Gasteiger partial charge in [0.1, 0.15) is 0 Å². The van der Waals surface area contributed by atoms with Gasteiger partial charge in [-0.3, -0.25) is 0 Å². The van der Waals surface area contributed by atoms with Gasteiger partial charge < -0.3 is 5.32 Å². The van der Waals surface area contributed by atoms with E-state index in [4.69, 9.17) is 11.6 Å². The molecule has 2 rings (SSSR count). The normalized spacial score (nSPS) is 10.6. The molecule has 0 fully saturated rings. The van der Waals surface area contributed by atoms with Crippen LogP contribution >= 0.6 is 11.6 Å². The van der Waals surface area contributed by atoms with Crippen LogP contribution in [0.4, 0.5) is 5.69 Å². The van der Waals surface area contributed by atoms with Crippen molar-refractivity contribution in [1.82, 2.24) is 4.98 Å². The molecule has 0 atom stereocenters. The molecule has 1 N–H and O–H groups in total. The molecule has 1 heterocycles. The van der Waals surface area contributed by atoms with Crippen molar-refractivity contribution in [2.75, 3.05) is 5.32 Å². The van der Waals surface area contributed by atoms with Crippen LogP contribution in [-0.4, -0.2) is 4.98 Å². The van der Waals surface area contributed by atoms with E-state index in [9.17, 15) is 0 Å². The maximum Gasteiger partial charge on any atom is 0.152 e. The number of hydrogen-bond donors (Lipinski definition) is 1. The number of pyridine rings is 1. The van der Waals surface area contributed by atoms with Crippen molar-refractivity contribution in [2.24, 2.45) is 0 Å². The lowest BCUT2D eigenvalue weighted by Crippen LogP contribution is -2.04. The summed E-state index contributed by atoms with van der Waals surface area (Å²) in [5.74, 6) is 0. The number of aryl methyl sites for hydroxylation is 4. The molecule has 19 heavy (non-hydrogen) atoms. The minimum absolute atomic E-state index is 0.520. The van der Waals surface area contributed by atoms with E-state index in [-0.39, 0.29) is 0 Å². The van der Waals surface area contributed by atoms with Crippen molar-refractivity contribution in [1.29, 1.82) is 0 Å². The zero-order valence-corrected chi connectivity index (χ0v) is 12.6. The number of hydrogen-bond acceptors (Lipinski definition) is 2. The van der Waals surface area contributed by atoms with E-state index in [0.29, 0.717) is 5.15 Å². The van der Waals surface area contributed by atoms with Crippen LogP contribution < -0.4 is 5.32 Å². The van der Waals surface area contributed by atoms with Crippen molar-refractivity contribution in [2.45, 2.75) is 34.2 Å². The Morgan fingerprint density at radius 3 is 2.42 bits per heavy atom. The van der Waals surface area contributed by atoms with Gasteiger partial charge in [0.05, 0.1) is 5.69 Å². The molecule has 100 valence electrons. The number of nitrogens with zero attached hydrogens (tertiary/aromatic N) is 1. The Kier molecular flexibility index (Phi) is 4.11. The lowest BCUT2D eigenvalue weighted by molar-refractivity contribution is 1.09. The highest BCUT2D eigenvalue weighted by molar-refractivity contribution is 6.31. The first-order valence-corrected chi connectivity index (χ1v) is 6.78. The monoisotopic (exact) mass is 274 g/mol. The Morgan fingerprint density at radius 2 is 1.68 bits per heavy atom. The molecule has 1 aromatic carbocycles. The molecule has 0 aliphatic rings. The van der Waals surface area contributed by atoms with E-state index in [2.05, 4.69) is 43.2 Å². The largest absolute Gasteiger partial charge is 0.378 e. The van der Waals surface area contributed by atoms with Crippen molar-refractivity contribution in [3.05, 3.63) is 57.4 Å². The number of anilines is 1. The molecule has 2 nitrogen and oxygen atoms in total. The van der Waals surface area contributed by atoms with Gasteiger partial charge in [-0.1, -0.05) is 23.7 Å². The van der Waals surface area contributed by atoms with Gasteiger partial charge in [-0.05, 0) is 61.6 Å². The topological polar surface area (TPSA) is 24.9 Å². The van der Waals surface area contributed by atoms with Crippen molar-refractivity contribution in [3.63, 3.8) is 0 Å². The predicted molar refractivity (Wildman–Crippen MR) is 82.0 cm³/mol. The van der Waals surface area contributed by atoms with Gasteiger partial charge in [-0.15, -0.1) is 0 Å². The Hall–Kier alpha value is -1.54. The maximum atomic E-state index is 6.09. The number of rotatable bonds is 3. The van der Waals surface area contributed by atoms with Crippen LogP contribution in [0.25, 0.3) is 0 Å². The van der Waals surface area contributed by atoms with Crippen LogP contribution in [0.3, 0.4) is 0 Å². The van der Waals surface area contributed by atoms with E-state index in [0.717, 1.165) is 17.8 Å². The minimum atomic E-state index is 0.520. The zero-order valence-electron chi connectivity index (χ0n) is 11.8. The second kappa shape index (κ2) is 5.62. The van der Waals surface area contributed by atoms with Gasteiger partial charge in [0.15, 0.2) is 5.15 Å². The van der Waals surface area contributed by atoms with E-state index in [1.807, 2.05) is 13.0 Å². The quantitative estimate of drug-likeness (QED) is 0.829. The van der Waals surface area contributed by atoms with Gasteiger partial charge in [-0.25, -0.2) is 4.98 Å². The molecule has 0 bridgehead atoms. The summed E-state index contributed by atoms with van der Waals surface area (Å²) in [6.07, 6.45) is 1.77. The summed E-state index contributed by atoms with van der Waals surface area (Å²) in [4.78, 5) is 4.15. The van der Waals surface area contributed by atoms with Crippen LogP contribution in [0.15, 0.2) is 24.4 Å². The van der Waals surface area contributed by atoms with Crippen LogP contribution in [-0.2, 0) is 6.54 Å². The molecular formula is C16H19ClN2. The molecular weight excluding hydrogens is 256 g/mol. The highest BCUT2D eigenvalue weighted by Gasteiger charge is 2.05. The molecule has 3 heteroatoms. The number of halogens is 1. The summed E-state index contributed by atoms with van der Waals surface area (Å²) >= 11 is 6.09. The van der Waals surface area contributed by atoms with Crippen molar-refractivity contribution in [3.8, 4) is 0 Å². The molecule has 1 aromatic heterocycles. The zero-order chi connectivity index (χ0) is 14.0. The molecule has 0 aliphatic heterocycles. The summed E-state index contributed by atoms with van der Waals surface area (Å²) in [6.45, 7) is 9.19. The molecule has 0 amide bonds. The number of benzene rings is 1. The number of aromatic nitrogens is 1. The first kappa shape index (κ1) is 13.9. The Morgan fingerprint density at radius 1 is 1.00 bits per heavy atom. The van der Waals surface area contributed by atoms with Crippen LogP contribution in [0, 0.1) is 27.7 Å². The fourth-order valence-corrected chi connectivity index (χ4v) is 2.25. The third kappa shape index (κ3) is 3.27. The molecule has 0 unspecified atom stereocenters. The Balaban J connectivity index is 2.19. The van der Waals surface area contributed by atoms with E-state index in [1.54, 1.807) is 6.20 Å². The molecule has 0 saturated carbocycles. The summed E-state index contributed by atoms with van der Waals surface area (Å²) in [5.41, 5.74) is 7.23. The second-order valence-electron chi connectivity index (χ2n) is 5.07. The second-order valence-corrected chi connectivity index (χ2v) is 5.43. The highest BCUT2D eigenvalue weighted by Crippen LogP contribution is 2.22. The molecule has 0 aliphatic carbocycles. The Labute approximate surface area is 119 Å². The smallest absolute Gasteiger partial charge is 0.152 e. The van der Waals surface area contributed by atoms with Crippen molar-refractivity contribution < 1.29 is 0 Å². The third-order valence-corrected chi connectivity index (χ3v) is 3.70. The molecule has 2 aromatic rings. The molecule has 0 saturated heterocycles. The van der Waals surface area contributed by atoms with Crippen molar-refractivity contribution >= 4 is 17.3 Å². The van der Waals surface area contributed by atoms with Gasteiger partial charge in [0, 0.05) is 12.7 Å². The summed E-state index contributed by atoms with van der Waals surface area (Å²) in [7, 11) is 0. The third-order valence-electron chi connectivity index (χ3n) is 3.40. The average molecular weight is 275 g/mol. The molecule has 0 spiro atoms. The fraction of sp³-hybridized carbons (Fsp3) is 0.312. The van der Waals surface area contributed by atoms with E-state index < -0.39 is 0 Å². The summed E-state index contributed by atoms with van der Waals surface area (Å²) in [5, 5.41) is 3.88. The highest BCUT2D eigenvalue weighted by atomic mass is 35.5. The van der Waals surface area contributed by atoms with Gasteiger partial charge in [0.2, 0.25) is 0 Å². The SMILES string of the molecule is Cc1cnc(Cl)c(NCc2cc(C)c(C)cc2C)c1. The van der Waals surface area contributed by atoms with Crippen LogP contribution in [0.5, 0.6) is 0 Å². The van der Waals surface area contributed by atoms with E-state index >= 15 is 0 Å². The first-order valence-electron chi connectivity index (χ1n) is 6.40. The lowest BCUT2D eigenvalue weighted by Gasteiger charge is -2.13. The van der Waals surface area contributed by atoms with Gasteiger partial charge in [-0.2, -0.15) is 0 Å². The number of nitrogens with one attached hydrogen (secondary N) is 1. The fourth-order valence-electron chi connectivity index (χ4n) is 2.08. The predicted octanol–water partition coefficient (Wildman–Crippen LogP) is 4.58. The minimum Gasteiger partial charge on any atom is -0.378 e.